The first-order valence-electron chi connectivity index (χ1n) is 12.6. The summed E-state index contributed by atoms with van der Waals surface area (Å²) in [6.07, 6.45) is 9.55. The lowest BCUT2D eigenvalue weighted by atomic mass is 9.82. The molecule has 0 spiro atoms. The predicted molar refractivity (Wildman–Crippen MR) is 139 cm³/mol. The fraction of sp³-hybridized carbons (Fsp3) is 0.679. The molecule has 0 aromatic carbocycles. The van der Waals surface area contributed by atoms with E-state index in [4.69, 9.17) is 18.9 Å². The molecule has 1 aliphatic rings. The first-order valence-corrected chi connectivity index (χ1v) is 12.6. The van der Waals surface area contributed by atoms with Crippen LogP contribution in [-0.2, 0) is 23.7 Å². The van der Waals surface area contributed by atoms with E-state index in [-0.39, 0.29) is 18.4 Å². The van der Waals surface area contributed by atoms with Gasteiger partial charge in [0, 0.05) is 5.92 Å². The molecule has 8 nitrogen and oxygen atoms in total. The van der Waals surface area contributed by atoms with Crippen LogP contribution in [0.5, 0.6) is 0 Å². The quantitative estimate of drug-likeness (QED) is 0.175. The van der Waals surface area contributed by atoms with E-state index in [9.17, 15) is 14.4 Å². The summed E-state index contributed by atoms with van der Waals surface area (Å²) in [6.45, 7) is 17.7. The number of nitrogens with zero attached hydrogens (tertiary/aromatic N) is 1. The zero-order valence-electron chi connectivity index (χ0n) is 23.2. The highest BCUT2D eigenvalue weighted by Gasteiger charge is 2.43. The average molecular weight is 508 g/mol. The number of ether oxygens (including phenoxy) is 4. The van der Waals surface area contributed by atoms with Gasteiger partial charge in [0.25, 0.3) is 0 Å². The van der Waals surface area contributed by atoms with Crippen molar-refractivity contribution in [1.82, 2.24) is 4.90 Å². The summed E-state index contributed by atoms with van der Waals surface area (Å²) >= 11 is 0. The molecule has 4 unspecified atom stereocenters. The molecular formula is C28H45NO7. The van der Waals surface area contributed by atoms with Gasteiger partial charge in [-0.3, -0.25) is 0 Å². The second-order valence-corrected chi connectivity index (χ2v) is 11.0. The van der Waals surface area contributed by atoms with E-state index in [1.54, 1.807) is 47.6 Å². The highest BCUT2D eigenvalue weighted by atomic mass is 16.6. The van der Waals surface area contributed by atoms with Crippen molar-refractivity contribution in [1.29, 1.82) is 0 Å². The van der Waals surface area contributed by atoms with Crippen LogP contribution in [0.25, 0.3) is 0 Å². The van der Waals surface area contributed by atoms with Gasteiger partial charge >= 0.3 is 18.2 Å². The molecule has 0 N–H and O–H groups in total. The molecule has 0 aliphatic carbocycles. The summed E-state index contributed by atoms with van der Waals surface area (Å²) in [5, 5.41) is 0. The van der Waals surface area contributed by atoms with Crippen LogP contribution in [0.4, 0.5) is 9.59 Å². The molecule has 0 radical (unpaired) electrons. The molecule has 1 heterocycles. The van der Waals surface area contributed by atoms with Gasteiger partial charge in [0.15, 0.2) is 6.04 Å². The maximum absolute atomic E-state index is 13.4. The summed E-state index contributed by atoms with van der Waals surface area (Å²) in [7, 11) is 0. The monoisotopic (exact) mass is 507 g/mol. The first kappa shape index (κ1) is 31.4. The zero-order chi connectivity index (χ0) is 27.5. The lowest BCUT2D eigenvalue weighted by molar-refractivity contribution is -0.158. The molecule has 1 fully saturated rings. The van der Waals surface area contributed by atoms with E-state index in [0.29, 0.717) is 17.9 Å². The number of amides is 2. The Labute approximate surface area is 216 Å². The van der Waals surface area contributed by atoms with Crippen molar-refractivity contribution >= 4 is 18.2 Å². The summed E-state index contributed by atoms with van der Waals surface area (Å²) < 4.78 is 22.7. The SMILES string of the molecule is C=CC=CCC1COCC(N(C(=O)OC(C)(C)C)C(=O)OC(C)(C)C)C(=O)OC(C)C1CCC=CC. The second-order valence-electron chi connectivity index (χ2n) is 11.0. The smallest absolute Gasteiger partial charge is 0.420 e. The average Bonchev–Trinajstić information content (AvgIpc) is 2.76. The van der Waals surface area contributed by atoms with Crippen LogP contribution < -0.4 is 0 Å². The van der Waals surface area contributed by atoms with Crippen molar-refractivity contribution in [2.75, 3.05) is 13.2 Å². The van der Waals surface area contributed by atoms with Gasteiger partial charge in [-0.25, -0.2) is 14.4 Å². The summed E-state index contributed by atoms with van der Waals surface area (Å²) in [5.74, 6) is -0.670. The van der Waals surface area contributed by atoms with Gasteiger partial charge < -0.3 is 18.9 Å². The number of carbonyl (C=O) groups is 3. The Kier molecular flexibility index (Phi) is 12.4. The third-order valence-electron chi connectivity index (χ3n) is 5.50. The molecule has 1 rings (SSSR count). The lowest BCUT2D eigenvalue weighted by Gasteiger charge is -2.32. The van der Waals surface area contributed by atoms with Crippen molar-refractivity contribution in [3.8, 4) is 0 Å². The Morgan fingerprint density at radius 1 is 1.06 bits per heavy atom. The fourth-order valence-corrected chi connectivity index (χ4v) is 3.90. The molecule has 204 valence electrons. The third-order valence-corrected chi connectivity index (χ3v) is 5.50. The van der Waals surface area contributed by atoms with Crippen molar-refractivity contribution < 1.29 is 33.3 Å². The maximum Gasteiger partial charge on any atom is 0.420 e. The fourth-order valence-electron chi connectivity index (χ4n) is 3.90. The van der Waals surface area contributed by atoms with E-state index in [1.807, 2.05) is 32.1 Å². The van der Waals surface area contributed by atoms with E-state index >= 15 is 0 Å². The normalized spacial score (nSPS) is 23.9. The van der Waals surface area contributed by atoms with Gasteiger partial charge in [-0.1, -0.05) is 37.0 Å². The molecule has 2 amide bonds. The van der Waals surface area contributed by atoms with Crippen molar-refractivity contribution in [2.45, 2.75) is 98.0 Å². The number of hydrogen-bond acceptors (Lipinski definition) is 7. The molecule has 8 heteroatoms. The Bertz CT molecular complexity index is 776. The Hall–Kier alpha value is -2.61. The second kappa shape index (κ2) is 14.2. The van der Waals surface area contributed by atoms with Gasteiger partial charge in [-0.2, -0.15) is 4.90 Å². The van der Waals surface area contributed by atoms with E-state index in [1.165, 1.54) is 0 Å². The van der Waals surface area contributed by atoms with E-state index < -0.39 is 41.5 Å². The number of carbonyl (C=O) groups excluding carboxylic acids is 3. The first-order chi connectivity index (χ1) is 16.7. The Balaban J connectivity index is 3.33. The summed E-state index contributed by atoms with van der Waals surface area (Å²) in [4.78, 5) is 40.2. The molecule has 1 aliphatic heterocycles. The lowest BCUT2D eigenvalue weighted by Crippen LogP contribution is -2.54. The summed E-state index contributed by atoms with van der Waals surface area (Å²) in [5.41, 5.74) is -1.79. The van der Waals surface area contributed by atoms with Crippen LogP contribution in [0.15, 0.2) is 37.0 Å². The van der Waals surface area contributed by atoms with Crippen LogP contribution in [-0.4, -0.2) is 59.6 Å². The highest BCUT2D eigenvalue weighted by molar-refractivity contribution is 5.94. The Morgan fingerprint density at radius 3 is 2.14 bits per heavy atom. The van der Waals surface area contributed by atoms with Gasteiger partial charge in [-0.15, -0.1) is 0 Å². The van der Waals surface area contributed by atoms with E-state index in [2.05, 4.69) is 12.7 Å². The van der Waals surface area contributed by atoms with Crippen LogP contribution in [0, 0.1) is 11.8 Å². The van der Waals surface area contributed by atoms with Gasteiger partial charge in [0.2, 0.25) is 0 Å². The number of allylic oxidation sites excluding steroid dienone is 5. The predicted octanol–water partition coefficient (Wildman–Crippen LogP) is 6.21. The molecular weight excluding hydrogens is 462 g/mol. The van der Waals surface area contributed by atoms with Gasteiger partial charge in [0.1, 0.15) is 17.3 Å². The van der Waals surface area contributed by atoms with Crippen molar-refractivity contribution in [2.24, 2.45) is 11.8 Å². The minimum absolute atomic E-state index is 0.00914. The Morgan fingerprint density at radius 2 is 1.64 bits per heavy atom. The molecule has 4 atom stereocenters. The molecule has 0 aromatic rings. The molecule has 0 bridgehead atoms. The number of cyclic esters (lactones) is 1. The number of hydrogen-bond donors (Lipinski definition) is 0. The van der Waals surface area contributed by atoms with Gasteiger partial charge in [0.05, 0.1) is 13.2 Å². The molecule has 0 saturated carbocycles. The standard InChI is InChI=1S/C28H45NO7/c1-10-12-14-16-21-18-33-19-23(24(30)34-20(3)22(21)17-15-13-11-2)29(25(31)35-27(4,5)6)26(32)36-28(7,8)9/h10-14,20-23H,1,15-19H2,2-9H3. The van der Waals surface area contributed by atoms with E-state index in [0.717, 1.165) is 12.8 Å². The number of esters is 1. The van der Waals surface area contributed by atoms with Gasteiger partial charge in [-0.05, 0) is 80.6 Å². The van der Waals surface area contributed by atoms with Crippen molar-refractivity contribution in [3.63, 3.8) is 0 Å². The highest BCUT2D eigenvalue weighted by Crippen LogP contribution is 2.30. The van der Waals surface area contributed by atoms with Crippen LogP contribution in [0.2, 0.25) is 0 Å². The van der Waals surface area contributed by atoms with Crippen molar-refractivity contribution in [3.05, 3.63) is 37.0 Å². The van der Waals surface area contributed by atoms with Crippen LogP contribution in [0.3, 0.4) is 0 Å². The zero-order valence-corrected chi connectivity index (χ0v) is 23.2. The third kappa shape index (κ3) is 11.0. The minimum Gasteiger partial charge on any atom is -0.461 e. The summed E-state index contributed by atoms with van der Waals surface area (Å²) in [6, 6.07) is -1.35. The van der Waals surface area contributed by atoms with Crippen LogP contribution >= 0.6 is 0 Å². The van der Waals surface area contributed by atoms with Crippen LogP contribution in [0.1, 0.15) is 74.7 Å². The number of imide groups is 1. The molecule has 1 saturated heterocycles. The minimum atomic E-state index is -1.35. The molecule has 36 heavy (non-hydrogen) atoms. The maximum atomic E-state index is 13.4. The number of rotatable bonds is 7. The molecule has 0 aromatic heterocycles. The topological polar surface area (TPSA) is 91.4 Å². The largest absolute Gasteiger partial charge is 0.461 e.